The highest BCUT2D eigenvalue weighted by Gasteiger charge is 2.29. The fourth-order valence-electron chi connectivity index (χ4n) is 2.21. The molecule has 1 atom stereocenters. The molecule has 1 fully saturated rings. The van der Waals surface area contributed by atoms with Gasteiger partial charge in [0.1, 0.15) is 0 Å². The predicted molar refractivity (Wildman–Crippen MR) is 70.8 cm³/mol. The van der Waals surface area contributed by atoms with E-state index in [0.29, 0.717) is 0 Å². The minimum Gasteiger partial charge on any atom is -0.369 e. The molecule has 1 saturated heterocycles. The van der Waals surface area contributed by atoms with Crippen molar-refractivity contribution in [2.24, 2.45) is 11.7 Å². The van der Waals surface area contributed by atoms with Gasteiger partial charge in [-0.3, -0.25) is 14.5 Å². The van der Waals surface area contributed by atoms with Crippen LogP contribution in [0, 0.1) is 5.92 Å². The summed E-state index contributed by atoms with van der Waals surface area (Å²) in [5, 5.41) is 2.98. The Labute approximate surface area is 109 Å². The summed E-state index contributed by atoms with van der Waals surface area (Å²) in [7, 11) is 0. The van der Waals surface area contributed by atoms with E-state index in [1.54, 1.807) is 0 Å². The van der Waals surface area contributed by atoms with Gasteiger partial charge in [-0.25, -0.2) is 0 Å². The summed E-state index contributed by atoms with van der Waals surface area (Å²) >= 11 is 0. The average Bonchev–Trinajstić information content (AvgIpc) is 2.26. The molecule has 3 N–H and O–H groups in total. The molecule has 104 valence electrons. The van der Waals surface area contributed by atoms with Gasteiger partial charge in [-0.1, -0.05) is 0 Å². The monoisotopic (exact) mass is 255 g/mol. The normalized spacial score (nSPS) is 20.4. The van der Waals surface area contributed by atoms with E-state index in [-0.39, 0.29) is 29.3 Å². The fourth-order valence-corrected chi connectivity index (χ4v) is 2.21. The van der Waals surface area contributed by atoms with Gasteiger partial charge in [0.25, 0.3) is 0 Å². The van der Waals surface area contributed by atoms with Crippen LogP contribution >= 0.6 is 0 Å². The van der Waals surface area contributed by atoms with Gasteiger partial charge in [-0.2, -0.15) is 0 Å². The van der Waals surface area contributed by atoms with E-state index in [9.17, 15) is 9.59 Å². The molecule has 0 aromatic carbocycles. The number of carbonyl (C=O) groups is 2. The van der Waals surface area contributed by atoms with E-state index >= 15 is 0 Å². The topological polar surface area (TPSA) is 75.4 Å². The molecule has 0 saturated carbocycles. The van der Waals surface area contributed by atoms with Gasteiger partial charge in [-0.15, -0.1) is 0 Å². The number of nitrogens with one attached hydrogen (secondary N) is 1. The van der Waals surface area contributed by atoms with Crippen LogP contribution in [0.1, 0.15) is 40.5 Å². The van der Waals surface area contributed by atoms with Gasteiger partial charge < -0.3 is 11.1 Å². The summed E-state index contributed by atoms with van der Waals surface area (Å²) < 4.78 is 0. The largest absolute Gasteiger partial charge is 0.369 e. The Hall–Kier alpha value is -1.10. The van der Waals surface area contributed by atoms with Gasteiger partial charge in [0.05, 0.1) is 6.04 Å². The van der Waals surface area contributed by atoms with Gasteiger partial charge in [0.2, 0.25) is 11.8 Å². The van der Waals surface area contributed by atoms with Crippen molar-refractivity contribution in [1.29, 1.82) is 0 Å². The number of amides is 2. The van der Waals surface area contributed by atoms with E-state index in [4.69, 9.17) is 5.73 Å². The van der Waals surface area contributed by atoms with Gasteiger partial charge in [0.15, 0.2) is 0 Å². The second kappa shape index (κ2) is 5.69. The highest BCUT2D eigenvalue weighted by Crippen LogP contribution is 2.18. The molecule has 5 heteroatoms. The summed E-state index contributed by atoms with van der Waals surface area (Å²) in [4.78, 5) is 25.2. The second-order valence-corrected chi connectivity index (χ2v) is 6.13. The first-order valence-corrected chi connectivity index (χ1v) is 6.56. The summed E-state index contributed by atoms with van der Waals surface area (Å²) in [5.74, 6) is -0.208. The van der Waals surface area contributed by atoms with Crippen molar-refractivity contribution >= 4 is 11.8 Å². The van der Waals surface area contributed by atoms with Crippen LogP contribution in [-0.4, -0.2) is 41.4 Å². The van der Waals surface area contributed by atoms with Crippen molar-refractivity contribution in [3.63, 3.8) is 0 Å². The van der Waals surface area contributed by atoms with E-state index in [2.05, 4.69) is 10.2 Å². The van der Waals surface area contributed by atoms with E-state index in [1.165, 1.54) is 0 Å². The third kappa shape index (κ3) is 4.29. The Kier molecular flexibility index (Phi) is 4.73. The first-order valence-electron chi connectivity index (χ1n) is 6.56. The Morgan fingerprint density at radius 1 is 1.28 bits per heavy atom. The number of piperidine rings is 1. The van der Waals surface area contributed by atoms with E-state index in [1.807, 2.05) is 27.7 Å². The second-order valence-electron chi connectivity index (χ2n) is 6.13. The smallest absolute Gasteiger partial charge is 0.237 e. The fraction of sp³-hybridized carbons (Fsp3) is 0.846. The third-order valence-electron chi connectivity index (χ3n) is 3.36. The van der Waals surface area contributed by atoms with Crippen LogP contribution in [0.15, 0.2) is 0 Å². The molecule has 0 aliphatic carbocycles. The average molecular weight is 255 g/mol. The van der Waals surface area contributed by atoms with Crippen molar-refractivity contribution in [2.45, 2.75) is 52.1 Å². The number of hydrogen-bond donors (Lipinski definition) is 2. The van der Waals surface area contributed by atoms with Crippen molar-refractivity contribution in [3.8, 4) is 0 Å². The summed E-state index contributed by atoms with van der Waals surface area (Å²) in [5.41, 5.74) is 5.08. The zero-order valence-electron chi connectivity index (χ0n) is 11.8. The van der Waals surface area contributed by atoms with Crippen LogP contribution in [0.2, 0.25) is 0 Å². The molecule has 1 rings (SSSR count). The molecule has 0 radical (unpaired) electrons. The molecule has 0 spiro atoms. The Morgan fingerprint density at radius 3 is 2.17 bits per heavy atom. The van der Waals surface area contributed by atoms with Gasteiger partial charge in [0, 0.05) is 11.5 Å². The number of hydrogen-bond acceptors (Lipinski definition) is 3. The summed E-state index contributed by atoms with van der Waals surface area (Å²) in [6, 6.07) is -0.155. The van der Waals surface area contributed by atoms with Crippen LogP contribution in [0.25, 0.3) is 0 Å². The quantitative estimate of drug-likeness (QED) is 0.770. The number of rotatable bonds is 3. The summed E-state index contributed by atoms with van der Waals surface area (Å²) in [6.45, 7) is 9.33. The molecule has 2 amide bonds. The van der Waals surface area contributed by atoms with Crippen LogP contribution in [0.5, 0.6) is 0 Å². The first kappa shape index (κ1) is 15.0. The third-order valence-corrected chi connectivity index (χ3v) is 3.36. The predicted octanol–water partition coefficient (Wildman–Crippen LogP) is 0.487. The lowest BCUT2D eigenvalue weighted by molar-refractivity contribution is -0.128. The number of likely N-dealkylation sites (tertiary alicyclic amines) is 1. The Morgan fingerprint density at radius 2 is 1.78 bits per heavy atom. The van der Waals surface area contributed by atoms with Crippen molar-refractivity contribution in [2.75, 3.05) is 13.1 Å². The lowest BCUT2D eigenvalue weighted by Gasteiger charge is -2.35. The minimum atomic E-state index is -0.221. The maximum Gasteiger partial charge on any atom is 0.237 e. The van der Waals surface area contributed by atoms with Crippen LogP contribution in [0.3, 0.4) is 0 Å². The molecule has 5 nitrogen and oxygen atoms in total. The van der Waals surface area contributed by atoms with Crippen LogP contribution in [-0.2, 0) is 9.59 Å². The molecule has 1 heterocycles. The van der Waals surface area contributed by atoms with Crippen molar-refractivity contribution in [1.82, 2.24) is 10.2 Å². The molecule has 0 bridgehead atoms. The van der Waals surface area contributed by atoms with Crippen LogP contribution < -0.4 is 11.1 Å². The van der Waals surface area contributed by atoms with Crippen molar-refractivity contribution < 1.29 is 9.59 Å². The molecular formula is C13H25N3O2. The highest BCUT2D eigenvalue weighted by atomic mass is 16.2. The van der Waals surface area contributed by atoms with Crippen LogP contribution in [0.4, 0.5) is 0 Å². The molecule has 0 aromatic rings. The molecule has 0 aromatic heterocycles. The van der Waals surface area contributed by atoms with Gasteiger partial charge >= 0.3 is 0 Å². The molecular weight excluding hydrogens is 230 g/mol. The summed E-state index contributed by atoms with van der Waals surface area (Å²) in [6.07, 6.45) is 1.50. The SMILES string of the molecule is CC(C(=O)NC(C)(C)C)N1CCC(C(N)=O)CC1. The number of primary amides is 1. The minimum absolute atomic E-state index is 0.0286. The van der Waals surface area contributed by atoms with Crippen molar-refractivity contribution in [3.05, 3.63) is 0 Å². The molecule has 18 heavy (non-hydrogen) atoms. The zero-order chi connectivity index (χ0) is 13.9. The number of nitrogens with zero attached hydrogens (tertiary/aromatic N) is 1. The first-order chi connectivity index (χ1) is 8.20. The Balaban J connectivity index is 2.47. The van der Waals surface area contributed by atoms with E-state index in [0.717, 1.165) is 25.9 Å². The lowest BCUT2D eigenvalue weighted by Crippen LogP contribution is -2.53. The maximum atomic E-state index is 12.0. The lowest BCUT2D eigenvalue weighted by atomic mass is 9.95. The number of nitrogens with two attached hydrogens (primary N) is 1. The highest BCUT2D eigenvalue weighted by molar-refractivity contribution is 5.82. The zero-order valence-corrected chi connectivity index (χ0v) is 11.8. The van der Waals surface area contributed by atoms with Gasteiger partial charge in [-0.05, 0) is 53.6 Å². The number of carbonyl (C=O) groups excluding carboxylic acids is 2. The van der Waals surface area contributed by atoms with E-state index < -0.39 is 0 Å². The Bertz CT molecular complexity index is 315. The molecule has 1 aliphatic heterocycles. The standard InChI is InChI=1S/C13H25N3O2/c1-9(12(18)15-13(2,3)4)16-7-5-10(6-8-16)11(14)17/h9-10H,5-8H2,1-4H3,(H2,14,17)(H,15,18). The molecule has 1 unspecified atom stereocenters. The molecule has 1 aliphatic rings. The maximum absolute atomic E-state index is 12.0.